The number of aromatic nitrogens is 4. The second-order valence-corrected chi connectivity index (χ2v) is 5.66. The predicted molar refractivity (Wildman–Crippen MR) is 69.9 cm³/mol. The highest BCUT2D eigenvalue weighted by Gasteiger charge is 2.31. The summed E-state index contributed by atoms with van der Waals surface area (Å²) in [4.78, 5) is 0. The Morgan fingerprint density at radius 2 is 1.94 bits per heavy atom. The van der Waals surface area contributed by atoms with Crippen LogP contribution in [0.1, 0.15) is 31.7 Å². The number of benzene rings is 1. The van der Waals surface area contributed by atoms with E-state index in [1.165, 1.54) is 31.2 Å². The van der Waals surface area contributed by atoms with Crippen molar-refractivity contribution in [3.8, 4) is 11.4 Å². The molecule has 0 N–H and O–H groups in total. The first-order chi connectivity index (χ1) is 8.66. The van der Waals surface area contributed by atoms with Gasteiger partial charge < -0.3 is 0 Å². The van der Waals surface area contributed by atoms with Crippen molar-refractivity contribution in [1.82, 2.24) is 20.2 Å². The Morgan fingerprint density at radius 3 is 2.44 bits per heavy atom. The van der Waals surface area contributed by atoms with Crippen molar-refractivity contribution in [2.45, 2.75) is 32.6 Å². The Balaban J connectivity index is 1.79. The lowest BCUT2D eigenvalue weighted by molar-refractivity contribution is 0.161. The van der Waals surface area contributed by atoms with Crippen molar-refractivity contribution in [3.05, 3.63) is 29.8 Å². The molecule has 1 aromatic carbocycles. The lowest BCUT2D eigenvalue weighted by Gasteiger charge is -2.38. The summed E-state index contributed by atoms with van der Waals surface area (Å²) in [5.41, 5.74) is 3.02. The van der Waals surface area contributed by atoms with Crippen LogP contribution < -0.4 is 0 Å². The molecule has 0 unspecified atom stereocenters. The van der Waals surface area contributed by atoms with E-state index in [0.717, 1.165) is 11.4 Å². The van der Waals surface area contributed by atoms with Crippen molar-refractivity contribution >= 4 is 0 Å². The number of tetrazole rings is 1. The standard InChI is InChI=1S/C14H18N4/c1-14(8-3-9-14)10-11-4-6-12(7-5-11)13-15-16-17-18(13)2/h4-7H,3,8-10H2,1-2H3. The Morgan fingerprint density at radius 1 is 1.22 bits per heavy atom. The minimum atomic E-state index is 0.536. The molecule has 1 aliphatic rings. The summed E-state index contributed by atoms with van der Waals surface area (Å²) >= 11 is 0. The molecule has 18 heavy (non-hydrogen) atoms. The number of aryl methyl sites for hydroxylation is 1. The monoisotopic (exact) mass is 242 g/mol. The van der Waals surface area contributed by atoms with Gasteiger partial charge in [-0.15, -0.1) is 5.10 Å². The summed E-state index contributed by atoms with van der Waals surface area (Å²) in [7, 11) is 1.86. The molecule has 0 spiro atoms. The summed E-state index contributed by atoms with van der Waals surface area (Å²) in [6.45, 7) is 2.39. The second kappa shape index (κ2) is 4.19. The molecule has 3 rings (SSSR count). The number of hydrogen-bond donors (Lipinski definition) is 0. The maximum atomic E-state index is 4.02. The van der Waals surface area contributed by atoms with Crippen LogP contribution in [0.15, 0.2) is 24.3 Å². The van der Waals surface area contributed by atoms with Gasteiger partial charge in [0.25, 0.3) is 0 Å². The number of rotatable bonds is 3. The van der Waals surface area contributed by atoms with E-state index < -0.39 is 0 Å². The quantitative estimate of drug-likeness (QED) is 0.831. The molecular formula is C14H18N4. The SMILES string of the molecule is Cn1nnnc1-c1ccc(CC2(C)CCC2)cc1. The fraction of sp³-hybridized carbons (Fsp3) is 0.500. The summed E-state index contributed by atoms with van der Waals surface area (Å²) in [6, 6.07) is 8.63. The van der Waals surface area contributed by atoms with Gasteiger partial charge in [0, 0.05) is 12.6 Å². The van der Waals surface area contributed by atoms with E-state index in [0.29, 0.717) is 5.41 Å². The number of hydrogen-bond acceptors (Lipinski definition) is 3. The summed E-state index contributed by atoms with van der Waals surface area (Å²) in [6.07, 6.45) is 5.30. The molecule has 1 heterocycles. The second-order valence-electron chi connectivity index (χ2n) is 5.66. The van der Waals surface area contributed by atoms with E-state index in [9.17, 15) is 0 Å². The van der Waals surface area contributed by atoms with Crippen molar-refractivity contribution in [1.29, 1.82) is 0 Å². The summed E-state index contributed by atoms with van der Waals surface area (Å²) in [5, 5.41) is 11.5. The Labute approximate surface area is 107 Å². The van der Waals surface area contributed by atoms with E-state index in [4.69, 9.17) is 0 Å². The molecule has 0 radical (unpaired) electrons. The zero-order valence-electron chi connectivity index (χ0n) is 10.9. The molecular weight excluding hydrogens is 224 g/mol. The third kappa shape index (κ3) is 2.03. The van der Waals surface area contributed by atoms with Crippen molar-refractivity contribution < 1.29 is 0 Å². The number of nitrogens with zero attached hydrogens (tertiary/aromatic N) is 4. The van der Waals surface area contributed by atoms with Gasteiger partial charge in [-0.1, -0.05) is 37.6 Å². The van der Waals surface area contributed by atoms with Gasteiger partial charge in [0.1, 0.15) is 0 Å². The molecule has 1 aliphatic carbocycles. The van der Waals surface area contributed by atoms with Gasteiger partial charge in [0.05, 0.1) is 0 Å². The van der Waals surface area contributed by atoms with Gasteiger partial charge >= 0.3 is 0 Å². The van der Waals surface area contributed by atoms with Crippen LogP contribution in [0.4, 0.5) is 0 Å². The van der Waals surface area contributed by atoms with Gasteiger partial charge in [0.2, 0.25) is 0 Å². The fourth-order valence-corrected chi connectivity index (χ4v) is 2.70. The van der Waals surface area contributed by atoms with Crippen LogP contribution in [0.5, 0.6) is 0 Å². The van der Waals surface area contributed by atoms with Gasteiger partial charge in [-0.25, -0.2) is 4.68 Å². The maximum Gasteiger partial charge on any atom is 0.181 e. The van der Waals surface area contributed by atoms with Gasteiger partial charge in [0.15, 0.2) is 5.82 Å². The lowest BCUT2D eigenvalue weighted by Crippen LogP contribution is -2.27. The Kier molecular flexibility index (Phi) is 2.65. The highest BCUT2D eigenvalue weighted by Crippen LogP contribution is 2.43. The lowest BCUT2D eigenvalue weighted by atomic mass is 9.67. The highest BCUT2D eigenvalue weighted by atomic mass is 15.5. The fourth-order valence-electron chi connectivity index (χ4n) is 2.70. The minimum Gasteiger partial charge on any atom is -0.229 e. The molecule has 4 nitrogen and oxygen atoms in total. The van der Waals surface area contributed by atoms with E-state index in [2.05, 4.69) is 46.7 Å². The molecule has 0 saturated heterocycles. The van der Waals surface area contributed by atoms with E-state index in [1.807, 2.05) is 7.05 Å². The third-order valence-corrected chi connectivity index (χ3v) is 4.02. The predicted octanol–water partition coefficient (Wildman–Crippen LogP) is 2.61. The molecule has 1 aromatic heterocycles. The molecule has 0 bridgehead atoms. The smallest absolute Gasteiger partial charge is 0.181 e. The van der Waals surface area contributed by atoms with Crippen molar-refractivity contribution in [2.24, 2.45) is 12.5 Å². The first-order valence-electron chi connectivity index (χ1n) is 6.48. The van der Waals surface area contributed by atoms with Crippen LogP contribution in [0.25, 0.3) is 11.4 Å². The van der Waals surface area contributed by atoms with Crippen LogP contribution in [0.3, 0.4) is 0 Å². The van der Waals surface area contributed by atoms with Crippen LogP contribution in [0, 0.1) is 5.41 Å². The van der Waals surface area contributed by atoms with E-state index >= 15 is 0 Å². The average Bonchev–Trinajstić information content (AvgIpc) is 2.75. The molecule has 94 valence electrons. The molecule has 0 aliphatic heterocycles. The normalized spacial score (nSPS) is 17.4. The van der Waals surface area contributed by atoms with E-state index in [-0.39, 0.29) is 0 Å². The third-order valence-electron chi connectivity index (χ3n) is 4.02. The van der Waals surface area contributed by atoms with Crippen molar-refractivity contribution in [2.75, 3.05) is 0 Å². The molecule has 2 aromatic rings. The zero-order valence-corrected chi connectivity index (χ0v) is 10.9. The molecule has 0 amide bonds. The van der Waals surface area contributed by atoms with Crippen molar-refractivity contribution in [3.63, 3.8) is 0 Å². The van der Waals surface area contributed by atoms with Gasteiger partial charge in [-0.3, -0.25) is 0 Å². The largest absolute Gasteiger partial charge is 0.229 e. The van der Waals surface area contributed by atoms with Crippen LogP contribution in [0.2, 0.25) is 0 Å². The highest BCUT2D eigenvalue weighted by molar-refractivity contribution is 5.54. The van der Waals surface area contributed by atoms with Gasteiger partial charge in [-0.2, -0.15) is 0 Å². The topological polar surface area (TPSA) is 43.6 Å². The molecule has 1 fully saturated rings. The molecule has 1 saturated carbocycles. The summed E-state index contributed by atoms with van der Waals surface area (Å²) < 4.78 is 1.70. The van der Waals surface area contributed by atoms with Crippen LogP contribution >= 0.6 is 0 Å². The first-order valence-corrected chi connectivity index (χ1v) is 6.48. The molecule has 4 heteroatoms. The Hall–Kier alpha value is -1.71. The summed E-state index contributed by atoms with van der Waals surface area (Å²) in [5.74, 6) is 0.816. The minimum absolute atomic E-state index is 0.536. The van der Waals surface area contributed by atoms with E-state index in [1.54, 1.807) is 4.68 Å². The van der Waals surface area contributed by atoms with Crippen LogP contribution in [-0.4, -0.2) is 20.2 Å². The zero-order chi connectivity index (χ0) is 12.6. The first kappa shape index (κ1) is 11.4. The Bertz CT molecular complexity index is 537. The molecule has 0 atom stereocenters. The van der Waals surface area contributed by atoms with Gasteiger partial charge in [-0.05, 0) is 40.7 Å². The average molecular weight is 242 g/mol. The van der Waals surface area contributed by atoms with Crippen LogP contribution in [-0.2, 0) is 13.5 Å². The maximum absolute atomic E-state index is 4.02.